The van der Waals surface area contributed by atoms with E-state index in [-0.39, 0.29) is 23.9 Å². The molecule has 0 bridgehead atoms. The number of hydrogen-bond acceptors (Lipinski definition) is 5. The lowest BCUT2D eigenvalue weighted by atomic mass is 10.5. The van der Waals surface area contributed by atoms with E-state index < -0.39 is 24.7 Å². The minimum atomic E-state index is -4.41. The summed E-state index contributed by atoms with van der Waals surface area (Å²) in [6.45, 7) is -1.82. The molecule has 1 aromatic rings. The predicted octanol–water partition coefficient (Wildman–Crippen LogP) is 1.15. The van der Waals surface area contributed by atoms with E-state index in [1.165, 1.54) is 5.38 Å². The largest absolute Gasteiger partial charge is 0.476 e. The van der Waals surface area contributed by atoms with Crippen LogP contribution >= 0.6 is 11.3 Å². The molecule has 106 valence electrons. The first kappa shape index (κ1) is 15.4. The van der Waals surface area contributed by atoms with Gasteiger partial charge in [-0.05, 0) is 0 Å². The van der Waals surface area contributed by atoms with Gasteiger partial charge in [0, 0.05) is 11.9 Å². The number of carbonyl (C=O) groups excluding carboxylic acids is 1. The van der Waals surface area contributed by atoms with E-state index in [0.29, 0.717) is 0 Å². The van der Waals surface area contributed by atoms with Crippen LogP contribution in [0, 0.1) is 0 Å². The van der Waals surface area contributed by atoms with E-state index in [1.54, 1.807) is 0 Å². The minimum Gasteiger partial charge on any atom is -0.476 e. The molecule has 1 rings (SSSR count). The number of hydrogen-bond donors (Lipinski definition) is 2. The number of carboxylic acid groups (broad SMARTS) is 1. The summed E-state index contributed by atoms with van der Waals surface area (Å²) in [6, 6.07) is 0. The molecule has 0 spiro atoms. The quantitative estimate of drug-likeness (QED) is 0.769. The number of carbonyl (C=O) groups is 2. The van der Waals surface area contributed by atoms with E-state index >= 15 is 0 Å². The fraction of sp³-hybridized carbons (Fsp3) is 0.444. The number of aromatic nitrogens is 1. The van der Waals surface area contributed by atoms with E-state index in [4.69, 9.17) is 5.11 Å². The van der Waals surface area contributed by atoms with Gasteiger partial charge in [-0.15, -0.1) is 11.3 Å². The molecule has 0 saturated carbocycles. The number of alkyl halides is 3. The van der Waals surface area contributed by atoms with Crippen molar-refractivity contribution in [3.05, 3.63) is 16.1 Å². The third-order valence-corrected chi connectivity index (χ3v) is 2.56. The van der Waals surface area contributed by atoms with Crippen molar-refractivity contribution in [1.82, 2.24) is 10.3 Å². The van der Waals surface area contributed by atoms with Crippen molar-refractivity contribution in [3.63, 3.8) is 0 Å². The molecule has 1 heterocycles. The lowest BCUT2D eigenvalue weighted by Crippen LogP contribution is -2.28. The summed E-state index contributed by atoms with van der Waals surface area (Å²) in [5.74, 6) is -1.92. The highest BCUT2D eigenvalue weighted by atomic mass is 32.1. The van der Waals surface area contributed by atoms with Crippen LogP contribution in [0.2, 0.25) is 0 Å². The number of aromatic carboxylic acids is 1. The Morgan fingerprint density at radius 1 is 1.47 bits per heavy atom. The van der Waals surface area contributed by atoms with Gasteiger partial charge in [0.2, 0.25) is 0 Å². The summed E-state index contributed by atoms with van der Waals surface area (Å²) in [4.78, 5) is 25.5. The molecule has 0 unspecified atom stereocenters. The van der Waals surface area contributed by atoms with E-state index in [0.717, 1.165) is 11.3 Å². The highest BCUT2D eigenvalue weighted by molar-refractivity contribution is 7.11. The Morgan fingerprint density at radius 2 is 2.16 bits per heavy atom. The number of ether oxygens (including phenoxy) is 1. The molecule has 0 radical (unpaired) electrons. The van der Waals surface area contributed by atoms with Gasteiger partial charge in [0.25, 0.3) is 5.91 Å². The number of rotatable bonds is 6. The first-order chi connectivity index (χ1) is 8.79. The third kappa shape index (κ3) is 5.66. The molecule has 19 heavy (non-hydrogen) atoms. The van der Waals surface area contributed by atoms with Crippen LogP contribution in [0.5, 0.6) is 0 Å². The Labute approximate surface area is 109 Å². The Morgan fingerprint density at radius 3 is 2.68 bits per heavy atom. The standard InChI is InChI=1S/C9H9F3N2O4S/c10-9(11,12)4-18-2-1-13-6(15)7-14-5(3-19-7)8(16)17/h3H,1-2,4H2,(H,13,15)(H,16,17). The topological polar surface area (TPSA) is 88.5 Å². The summed E-state index contributed by atoms with van der Waals surface area (Å²) in [5.41, 5.74) is -0.261. The average Bonchev–Trinajstić information content (AvgIpc) is 2.76. The van der Waals surface area contributed by atoms with Crippen LogP contribution in [0.4, 0.5) is 13.2 Å². The summed E-state index contributed by atoms with van der Waals surface area (Å²) in [6.07, 6.45) is -4.41. The Hall–Kier alpha value is -1.68. The first-order valence-electron chi connectivity index (χ1n) is 4.91. The molecule has 6 nitrogen and oxygen atoms in total. The van der Waals surface area contributed by atoms with Gasteiger partial charge in [0.05, 0.1) is 6.61 Å². The average molecular weight is 298 g/mol. The molecule has 0 atom stereocenters. The monoisotopic (exact) mass is 298 g/mol. The van der Waals surface area contributed by atoms with Crippen molar-refractivity contribution in [1.29, 1.82) is 0 Å². The van der Waals surface area contributed by atoms with Crippen LogP contribution in [0.25, 0.3) is 0 Å². The molecule has 0 aromatic carbocycles. The maximum Gasteiger partial charge on any atom is 0.411 e. The molecule has 0 aliphatic rings. The highest BCUT2D eigenvalue weighted by Gasteiger charge is 2.27. The minimum absolute atomic E-state index is 0.0757. The van der Waals surface area contributed by atoms with Crippen molar-refractivity contribution in [2.75, 3.05) is 19.8 Å². The van der Waals surface area contributed by atoms with Crippen molar-refractivity contribution >= 4 is 23.2 Å². The summed E-state index contributed by atoms with van der Waals surface area (Å²) >= 11 is 0.829. The molecule has 10 heteroatoms. The number of carboxylic acids is 1. The molecule has 0 aliphatic heterocycles. The SMILES string of the molecule is O=C(O)c1csc(C(=O)NCCOCC(F)(F)F)n1. The van der Waals surface area contributed by atoms with Crippen molar-refractivity contribution in [2.24, 2.45) is 0 Å². The maximum atomic E-state index is 11.7. The van der Waals surface area contributed by atoms with Gasteiger partial charge in [-0.3, -0.25) is 4.79 Å². The molecular weight excluding hydrogens is 289 g/mol. The number of amides is 1. The summed E-state index contributed by atoms with van der Waals surface area (Å²) in [5, 5.41) is 12.0. The van der Waals surface area contributed by atoms with Crippen LogP contribution in [0.15, 0.2) is 5.38 Å². The highest BCUT2D eigenvalue weighted by Crippen LogP contribution is 2.14. The van der Waals surface area contributed by atoms with Crippen LogP contribution < -0.4 is 5.32 Å². The van der Waals surface area contributed by atoms with Crippen molar-refractivity contribution in [2.45, 2.75) is 6.18 Å². The van der Waals surface area contributed by atoms with Gasteiger partial charge in [-0.25, -0.2) is 9.78 Å². The smallest absolute Gasteiger partial charge is 0.411 e. The lowest BCUT2D eigenvalue weighted by Gasteiger charge is -2.07. The van der Waals surface area contributed by atoms with Crippen LogP contribution in [0.1, 0.15) is 20.3 Å². The van der Waals surface area contributed by atoms with E-state index in [2.05, 4.69) is 15.0 Å². The Kier molecular flexibility index (Phi) is 5.24. The van der Waals surface area contributed by atoms with Crippen LogP contribution in [-0.4, -0.2) is 47.9 Å². The van der Waals surface area contributed by atoms with Gasteiger partial charge >= 0.3 is 12.1 Å². The number of thiazole rings is 1. The molecule has 0 fully saturated rings. The van der Waals surface area contributed by atoms with Gasteiger partial charge in [-0.1, -0.05) is 0 Å². The Bertz CT molecular complexity index is 461. The van der Waals surface area contributed by atoms with Gasteiger partial charge in [-0.2, -0.15) is 13.2 Å². The zero-order chi connectivity index (χ0) is 14.5. The van der Waals surface area contributed by atoms with E-state index in [1.807, 2.05) is 0 Å². The molecule has 1 aromatic heterocycles. The van der Waals surface area contributed by atoms with Crippen molar-refractivity contribution < 1.29 is 32.6 Å². The zero-order valence-corrected chi connectivity index (χ0v) is 10.2. The molecule has 1 amide bonds. The second-order valence-corrected chi connectivity index (χ2v) is 4.12. The first-order valence-corrected chi connectivity index (χ1v) is 5.79. The second-order valence-electron chi connectivity index (χ2n) is 3.27. The van der Waals surface area contributed by atoms with Gasteiger partial charge in [0.15, 0.2) is 10.7 Å². The van der Waals surface area contributed by atoms with Gasteiger partial charge < -0.3 is 15.2 Å². The fourth-order valence-electron chi connectivity index (χ4n) is 0.976. The van der Waals surface area contributed by atoms with E-state index in [9.17, 15) is 22.8 Å². The molecule has 0 saturated heterocycles. The molecule has 0 aliphatic carbocycles. The normalized spacial score (nSPS) is 11.3. The molecule has 2 N–H and O–H groups in total. The number of halogens is 3. The fourth-order valence-corrected chi connectivity index (χ4v) is 1.68. The summed E-state index contributed by atoms with van der Waals surface area (Å²) in [7, 11) is 0. The molecular formula is C9H9F3N2O4S. The van der Waals surface area contributed by atoms with Crippen molar-refractivity contribution in [3.8, 4) is 0 Å². The predicted molar refractivity (Wildman–Crippen MR) is 58.3 cm³/mol. The van der Waals surface area contributed by atoms with Gasteiger partial charge in [0.1, 0.15) is 6.61 Å². The van der Waals surface area contributed by atoms with Crippen LogP contribution in [0.3, 0.4) is 0 Å². The van der Waals surface area contributed by atoms with Crippen LogP contribution in [-0.2, 0) is 4.74 Å². The Balaban J connectivity index is 2.29. The zero-order valence-electron chi connectivity index (χ0n) is 9.36. The summed E-state index contributed by atoms with van der Waals surface area (Å²) < 4.78 is 39.4. The second kappa shape index (κ2) is 6.48. The maximum absolute atomic E-state index is 11.7. The third-order valence-electron chi connectivity index (χ3n) is 1.72. The lowest BCUT2D eigenvalue weighted by molar-refractivity contribution is -0.173. The number of nitrogens with one attached hydrogen (secondary N) is 1. The number of nitrogens with zero attached hydrogens (tertiary/aromatic N) is 1.